The molecule has 0 aliphatic heterocycles. The van der Waals surface area contributed by atoms with Crippen LogP contribution in [0.25, 0.3) is 0 Å². The second kappa shape index (κ2) is 6.14. The first-order chi connectivity index (χ1) is 9.49. The number of aliphatic hydroxyl groups excluding tert-OH is 1. The van der Waals surface area contributed by atoms with E-state index in [0.29, 0.717) is 5.69 Å². The van der Waals surface area contributed by atoms with Crippen LogP contribution in [0.3, 0.4) is 0 Å². The first kappa shape index (κ1) is 15.3. The molecule has 0 radical (unpaired) electrons. The summed E-state index contributed by atoms with van der Waals surface area (Å²) in [5.74, 6) is 0. The molecule has 6 heteroatoms. The summed E-state index contributed by atoms with van der Waals surface area (Å²) in [4.78, 5) is 12.1. The molecule has 0 spiro atoms. The Kier molecular flexibility index (Phi) is 4.70. The van der Waals surface area contributed by atoms with E-state index in [1.54, 1.807) is 6.20 Å². The molecule has 1 heterocycles. The Morgan fingerprint density at radius 3 is 2.65 bits per heavy atom. The number of hydrogen-bond donors (Lipinski definition) is 2. The number of aromatic nitrogens is 2. The van der Waals surface area contributed by atoms with Gasteiger partial charge in [0.1, 0.15) is 5.02 Å². The predicted molar refractivity (Wildman–Crippen MR) is 80.4 cm³/mol. The first-order valence-corrected chi connectivity index (χ1v) is 7.53. The summed E-state index contributed by atoms with van der Waals surface area (Å²) >= 11 is 6.16. The van der Waals surface area contributed by atoms with Crippen molar-refractivity contribution in [3.63, 3.8) is 0 Å². The van der Waals surface area contributed by atoms with Crippen molar-refractivity contribution >= 4 is 17.3 Å². The van der Waals surface area contributed by atoms with E-state index < -0.39 is 0 Å². The van der Waals surface area contributed by atoms with Gasteiger partial charge >= 0.3 is 0 Å². The van der Waals surface area contributed by atoms with Gasteiger partial charge in [0.25, 0.3) is 5.56 Å². The van der Waals surface area contributed by atoms with Gasteiger partial charge in [-0.15, -0.1) is 0 Å². The smallest absolute Gasteiger partial charge is 0.287 e. The standard InChI is InChI=1S/C14H22ClN3O2/c1-10(2)18-13(20)12(15)11(8-16-18)17-14(9-19)6-4-3-5-7-14/h8,10,17,19H,3-7,9H2,1-2H3. The fourth-order valence-corrected chi connectivity index (χ4v) is 2.92. The molecule has 0 bridgehead atoms. The molecule has 0 atom stereocenters. The molecule has 5 nitrogen and oxygen atoms in total. The highest BCUT2D eigenvalue weighted by Crippen LogP contribution is 2.32. The lowest BCUT2D eigenvalue weighted by molar-refractivity contribution is 0.173. The first-order valence-electron chi connectivity index (χ1n) is 7.15. The van der Waals surface area contributed by atoms with E-state index in [9.17, 15) is 9.90 Å². The van der Waals surface area contributed by atoms with Gasteiger partial charge in [0.15, 0.2) is 0 Å². The van der Waals surface area contributed by atoms with Crippen molar-refractivity contribution in [1.82, 2.24) is 9.78 Å². The number of nitrogens with zero attached hydrogens (tertiary/aromatic N) is 2. The maximum atomic E-state index is 12.1. The molecular formula is C14H22ClN3O2. The monoisotopic (exact) mass is 299 g/mol. The maximum Gasteiger partial charge on any atom is 0.287 e. The van der Waals surface area contributed by atoms with Crippen molar-refractivity contribution < 1.29 is 5.11 Å². The second-order valence-corrected chi connectivity index (χ2v) is 6.22. The molecular weight excluding hydrogens is 278 g/mol. The lowest BCUT2D eigenvalue weighted by Crippen LogP contribution is -2.44. The number of aliphatic hydroxyl groups is 1. The van der Waals surface area contributed by atoms with Crippen LogP contribution >= 0.6 is 11.6 Å². The van der Waals surface area contributed by atoms with Crippen LogP contribution < -0.4 is 10.9 Å². The van der Waals surface area contributed by atoms with E-state index in [0.717, 1.165) is 25.7 Å². The molecule has 2 N–H and O–H groups in total. The van der Waals surface area contributed by atoms with E-state index in [1.165, 1.54) is 11.1 Å². The van der Waals surface area contributed by atoms with Crippen molar-refractivity contribution in [3.8, 4) is 0 Å². The van der Waals surface area contributed by atoms with E-state index in [2.05, 4.69) is 10.4 Å². The highest BCUT2D eigenvalue weighted by molar-refractivity contribution is 6.32. The fourth-order valence-electron chi connectivity index (χ4n) is 2.74. The lowest BCUT2D eigenvalue weighted by Gasteiger charge is -2.37. The van der Waals surface area contributed by atoms with Crippen LogP contribution in [0.5, 0.6) is 0 Å². The molecule has 2 rings (SSSR count). The van der Waals surface area contributed by atoms with Crippen LogP contribution in [0.15, 0.2) is 11.0 Å². The third-order valence-electron chi connectivity index (χ3n) is 3.95. The lowest BCUT2D eigenvalue weighted by atomic mass is 9.82. The fraction of sp³-hybridized carbons (Fsp3) is 0.714. The van der Waals surface area contributed by atoms with Crippen LogP contribution in [0.4, 0.5) is 5.69 Å². The minimum atomic E-state index is -0.375. The molecule has 1 aromatic rings. The van der Waals surface area contributed by atoms with E-state index >= 15 is 0 Å². The average molecular weight is 300 g/mol. The minimum Gasteiger partial charge on any atom is -0.394 e. The Labute approximate surface area is 124 Å². The summed E-state index contributed by atoms with van der Waals surface area (Å²) in [5, 5.41) is 17.2. The third-order valence-corrected chi connectivity index (χ3v) is 4.31. The Morgan fingerprint density at radius 2 is 2.10 bits per heavy atom. The SMILES string of the molecule is CC(C)n1ncc(NC2(CO)CCCCC2)c(Cl)c1=O. The second-order valence-electron chi connectivity index (χ2n) is 5.84. The van der Waals surface area contributed by atoms with E-state index in [1.807, 2.05) is 13.8 Å². The molecule has 0 unspecified atom stereocenters. The van der Waals surface area contributed by atoms with Crippen molar-refractivity contribution in [2.24, 2.45) is 0 Å². The highest BCUT2D eigenvalue weighted by atomic mass is 35.5. The largest absolute Gasteiger partial charge is 0.394 e. The van der Waals surface area contributed by atoms with Crippen LogP contribution in [0.1, 0.15) is 52.0 Å². The zero-order valence-corrected chi connectivity index (χ0v) is 12.8. The van der Waals surface area contributed by atoms with Crippen LogP contribution in [0, 0.1) is 0 Å². The highest BCUT2D eigenvalue weighted by Gasteiger charge is 2.32. The molecule has 1 fully saturated rings. The van der Waals surface area contributed by atoms with E-state index in [4.69, 9.17) is 11.6 Å². The van der Waals surface area contributed by atoms with Crippen LogP contribution in [-0.2, 0) is 0 Å². The Morgan fingerprint density at radius 1 is 1.45 bits per heavy atom. The van der Waals surface area contributed by atoms with Gasteiger partial charge in [-0.05, 0) is 26.7 Å². The number of nitrogens with one attached hydrogen (secondary N) is 1. The molecule has 1 aromatic heterocycles. The zero-order valence-electron chi connectivity index (χ0n) is 12.0. The van der Waals surface area contributed by atoms with Crippen molar-refractivity contribution in [3.05, 3.63) is 21.6 Å². The molecule has 112 valence electrons. The minimum absolute atomic E-state index is 0.0319. The van der Waals surface area contributed by atoms with Gasteiger partial charge in [-0.25, -0.2) is 4.68 Å². The number of hydrogen-bond acceptors (Lipinski definition) is 4. The average Bonchev–Trinajstić information content (AvgIpc) is 2.45. The van der Waals surface area contributed by atoms with Gasteiger partial charge in [-0.2, -0.15) is 5.10 Å². The normalized spacial score (nSPS) is 18.2. The molecule has 0 amide bonds. The zero-order chi connectivity index (χ0) is 14.8. The van der Waals surface area contributed by atoms with Gasteiger partial charge in [-0.1, -0.05) is 30.9 Å². The molecule has 0 saturated heterocycles. The quantitative estimate of drug-likeness (QED) is 0.897. The molecule has 1 aliphatic carbocycles. The predicted octanol–water partition coefficient (Wildman–Crippen LogP) is 2.58. The molecule has 0 aromatic carbocycles. The maximum absolute atomic E-state index is 12.1. The summed E-state index contributed by atoms with van der Waals surface area (Å²) in [7, 11) is 0. The van der Waals surface area contributed by atoms with Gasteiger partial charge < -0.3 is 10.4 Å². The molecule has 1 aliphatic rings. The summed E-state index contributed by atoms with van der Waals surface area (Å²) < 4.78 is 1.36. The summed E-state index contributed by atoms with van der Waals surface area (Å²) in [6.07, 6.45) is 6.67. The van der Waals surface area contributed by atoms with Crippen LogP contribution in [-0.4, -0.2) is 27.0 Å². The number of rotatable bonds is 4. The van der Waals surface area contributed by atoms with E-state index in [-0.39, 0.29) is 28.8 Å². The van der Waals surface area contributed by atoms with Crippen molar-refractivity contribution in [2.75, 3.05) is 11.9 Å². The van der Waals surface area contributed by atoms with Gasteiger partial charge in [0, 0.05) is 0 Å². The summed E-state index contributed by atoms with van der Waals surface area (Å²) in [6.45, 7) is 3.80. The van der Waals surface area contributed by atoms with Crippen molar-refractivity contribution in [2.45, 2.75) is 57.5 Å². The van der Waals surface area contributed by atoms with Gasteiger partial charge in [0.05, 0.1) is 30.1 Å². The Bertz CT molecular complexity index is 522. The molecule has 1 saturated carbocycles. The summed E-state index contributed by atoms with van der Waals surface area (Å²) in [5.41, 5.74) is -0.153. The van der Waals surface area contributed by atoms with Gasteiger partial charge in [-0.3, -0.25) is 4.79 Å². The molecule has 20 heavy (non-hydrogen) atoms. The summed E-state index contributed by atoms with van der Waals surface area (Å²) in [6, 6.07) is -0.0319. The van der Waals surface area contributed by atoms with Crippen LogP contribution in [0.2, 0.25) is 5.02 Å². The van der Waals surface area contributed by atoms with Gasteiger partial charge in [0.2, 0.25) is 0 Å². The number of halogens is 1. The topological polar surface area (TPSA) is 67.2 Å². The van der Waals surface area contributed by atoms with Crippen molar-refractivity contribution in [1.29, 1.82) is 0 Å². The number of anilines is 1. The Balaban J connectivity index is 2.29. The third kappa shape index (κ3) is 2.99. The Hall–Kier alpha value is -1.07.